The summed E-state index contributed by atoms with van der Waals surface area (Å²) < 4.78 is 5.67. The van der Waals surface area contributed by atoms with Gasteiger partial charge in [0.15, 0.2) is 11.0 Å². The SMILES string of the molecule is Cc1cc(Cl)nnc1N1CC[C@H](N(C(=O)OC(C)(C)C)C2CCC2)C1. The first-order valence-corrected chi connectivity index (χ1v) is 9.38. The van der Waals surface area contributed by atoms with Gasteiger partial charge in [-0.1, -0.05) is 11.6 Å². The van der Waals surface area contributed by atoms with E-state index in [9.17, 15) is 4.79 Å². The molecule has 7 heteroatoms. The van der Waals surface area contributed by atoms with E-state index in [0.29, 0.717) is 11.2 Å². The zero-order valence-corrected chi connectivity index (χ0v) is 16.2. The number of aryl methyl sites for hydroxylation is 1. The summed E-state index contributed by atoms with van der Waals surface area (Å²) in [4.78, 5) is 16.9. The molecule has 1 aromatic rings. The van der Waals surface area contributed by atoms with Crippen molar-refractivity contribution in [1.82, 2.24) is 15.1 Å². The molecule has 138 valence electrons. The molecule has 0 spiro atoms. The number of anilines is 1. The van der Waals surface area contributed by atoms with Crippen LogP contribution in [0, 0.1) is 6.92 Å². The third kappa shape index (κ3) is 4.17. The summed E-state index contributed by atoms with van der Waals surface area (Å²) in [7, 11) is 0. The normalized spacial score (nSPS) is 21.2. The number of aromatic nitrogens is 2. The maximum atomic E-state index is 12.8. The van der Waals surface area contributed by atoms with Crippen molar-refractivity contribution < 1.29 is 9.53 Å². The largest absolute Gasteiger partial charge is 0.444 e. The molecular formula is C18H27ClN4O2. The summed E-state index contributed by atoms with van der Waals surface area (Å²) in [5.41, 5.74) is 0.531. The molecule has 1 saturated carbocycles. The highest BCUT2D eigenvalue weighted by molar-refractivity contribution is 6.29. The average Bonchev–Trinajstić information content (AvgIpc) is 2.89. The lowest BCUT2D eigenvalue weighted by molar-refractivity contribution is -0.00350. The maximum Gasteiger partial charge on any atom is 0.410 e. The Kier molecular flexibility index (Phi) is 5.09. The smallest absolute Gasteiger partial charge is 0.410 e. The fourth-order valence-corrected chi connectivity index (χ4v) is 3.70. The summed E-state index contributed by atoms with van der Waals surface area (Å²) in [5, 5.41) is 8.62. The van der Waals surface area contributed by atoms with E-state index in [1.165, 1.54) is 6.42 Å². The van der Waals surface area contributed by atoms with Gasteiger partial charge in [0.25, 0.3) is 0 Å². The molecule has 6 nitrogen and oxygen atoms in total. The van der Waals surface area contributed by atoms with Crippen molar-refractivity contribution in [3.8, 4) is 0 Å². The minimum Gasteiger partial charge on any atom is -0.444 e. The van der Waals surface area contributed by atoms with Gasteiger partial charge >= 0.3 is 6.09 Å². The number of amides is 1. The lowest BCUT2D eigenvalue weighted by Crippen LogP contribution is -2.52. The second kappa shape index (κ2) is 6.98. The molecule has 3 rings (SSSR count). The minimum atomic E-state index is -0.477. The number of carbonyl (C=O) groups excluding carboxylic acids is 1. The molecule has 1 aliphatic heterocycles. The lowest BCUT2D eigenvalue weighted by atomic mass is 9.90. The summed E-state index contributed by atoms with van der Waals surface area (Å²) in [6.45, 7) is 9.34. The molecule has 1 aromatic heterocycles. The first-order valence-electron chi connectivity index (χ1n) is 9.00. The average molecular weight is 367 g/mol. The third-order valence-corrected chi connectivity index (χ3v) is 5.04. The molecule has 1 aliphatic carbocycles. The number of halogens is 1. The topological polar surface area (TPSA) is 58.6 Å². The van der Waals surface area contributed by atoms with Gasteiger partial charge < -0.3 is 14.5 Å². The number of hydrogen-bond acceptors (Lipinski definition) is 5. The number of nitrogens with zero attached hydrogens (tertiary/aromatic N) is 4. The van der Waals surface area contributed by atoms with E-state index in [1.807, 2.05) is 38.7 Å². The van der Waals surface area contributed by atoms with Crippen LogP contribution in [-0.4, -0.2) is 52.0 Å². The van der Waals surface area contributed by atoms with Gasteiger partial charge in [0.1, 0.15) is 5.60 Å². The van der Waals surface area contributed by atoms with Gasteiger partial charge in [-0.15, -0.1) is 10.2 Å². The predicted molar refractivity (Wildman–Crippen MR) is 98.1 cm³/mol. The van der Waals surface area contributed by atoms with Crippen LogP contribution in [0.5, 0.6) is 0 Å². The van der Waals surface area contributed by atoms with Crippen LogP contribution >= 0.6 is 11.6 Å². The predicted octanol–water partition coefficient (Wildman–Crippen LogP) is 3.81. The zero-order valence-electron chi connectivity index (χ0n) is 15.5. The van der Waals surface area contributed by atoms with Gasteiger partial charge in [0.05, 0.1) is 6.04 Å². The highest BCUT2D eigenvalue weighted by Gasteiger charge is 2.40. The molecule has 0 aromatic carbocycles. The Labute approximate surface area is 154 Å². The number of rotatable bonds is 3. The van der Waals surface area contributed by atoms with Gasteiger partial charge in [-0.05, 0) is 65.0 Å². The van der Waals surface area contributed by atoms with Crippen LogP contribution in [0.15, 0.2) is 6.07 Å². The van der Waals surface area contributed by atoms with Crippen LogP contribution in [0.2, 0.25) is 5.15 Å². The van der Waals surface area contributed by atoms with E-state index >= 15 is 0 Å². The summed E-state index contributed by atoms with van der Waals surface area (Å²) in [6.07, 6.45) is 4.04. The Balaban J connectivity index is 1.73. The minimum absolute atomic E-state index is 0.150. The zero-order chi connectivity index (χ0) is 18.2. The Morgan fingerprint density at radius 2 is 2.00 bits per heavy atom. The van der Waals surface area contributed by atoms with Crippen molar-refractivity contribution in [2.75, 3.05) is 18.0 Å². The molecule has 2 aliphatic rings. The van der Waals surface area contributed by atoms with Gasteiger partial charge in [0.2, 0.25) is 0 Å². The summed E-state index contributed by atoms with van der Waals surface area (Å²) >= 11 is 5.91. The summed E-state index contributed by atoms with van der Waals surface area (Å²) in [6, 6.07) is 2.28. The van der Waals surface area contributed by atoms with E-state index in [4.69, 9.17) is 16.3 Å². The standard InChI is InChI=1S/C18H27ClN4O2/c1-12-10-15(19)20-21-16(12)22-9-8-14(11-22)23(13-6-5-7-13)17(24)25-18(2,3)4/h10,13-14H,5-9,11H2,1-4H3/t14-/m0/s1. The van der Waals surface area contributed by atoms with Crippen LogP contribution in [0.25, 0.3) is 0 Å². The van der Waals surface area contributed by atoms with Crippen molar-refractivity contribution in [1.29, 1.82) is 0 Å². The van der Waals surface area contributed by atoms with Gasteiger partial charge in [-0.25, -0.2) is 4.79 Å². The molecule has 1 saturated heterocycles. The fraction of sp³-hybridized carbons (Fsp3) is 0.722. The van der Waals surface area contributed by atoms with E-state index in [0.717, 1.165) is 43.7 Å². The molecule has 0 bridgehead atoms. The Bertz CT molecular complexity index is 642. The fourth-order valence-electron chi connectivity index (χ4n) is 3.50. The number of hydrogen-bond donors (Lipinski definition) is 0. The molecule has 0 N–H and O–H groups in total. The van der Waals surface area contributed by atoms with E-state index in [-0.39, 0.29) is 12.1 Å². The van der Waals surface area contributed by atoms with Crippen LogP contribution in [0.4, 0.5) is 10.6 Å². The second-order valence-corrected chi connectivity index (χ2v) is 8.42. The van der Waals surface area contributed by atoms with Crippen LogP contribution in [-0.2, 0) is 4.74 Å². The number of ether oxygens (including phenoxy) is 1. The molecule has 1 amide bonds. The first-order chi connectivity index (χ1) is 11.7. The molecule has 0 radical (unpaired) electrons. The van der Waals surface area contributed by atoms with Crippen molar-refractivity contribution in [2.24, 2.45) is 0 Å². The molecule has 1 atom stereocenters. The van der Waals surface area contributed by atoms with Crippen LogP contribution in [0.3, 0.4) is 0 Å². The van der Waals surface area contributed by atoms with Gasteiger partial charge in [-0.2, -0.15) is 0 Å². The molecular weight excluding hydrogens is 340 g/mol. The Morgan fingerprint density at radius 3 is 2.56 bits per heavy atom. The van der Waals surface area contributed by atoms with E-state index < -0.39 is 5.60 Å². The van der Waals surface area contributed by atoms with E-state index in [1.54, 1.807) is 0 Å². The van der Waals surface area contributed by atoms with Crippen molar-refractivity contribution in [3.63, 3.8) is 0 Å². The van der Waals surface area contributed by atoms with Crippen LogP contribution in [0.1, 0.15) is 52.0 Å². The summed E-state index contributed by atoms with van der Waals surface area (Å²) in [5.74, 6) is 0.852. The highest BCUT2D eigenvalue weighted by atomic mass is 35.5. The number of carbonyl (C=O) groups is 1. The highest BCUT2D eigenvalue weighted by Crippen LogP contribution is 2.32. The first kappa shape index (κ1) is 18.2. The lowest BCUT2D eigenvalue weighted by Gasteiger charge is -2.41. The Hall–Kier alpha value is -1.56. The van der Waals surface area contributed by atoms with Gasteiger partial charge in [0, 0.05) is 19.1 Å². The maximum absolute atomic E-state index is 12.8. The Morgan fingerprint density at radius 1 is 1.28 bits per heavy atom. The van der Waals surface area contributed by atoms with Crippen molar-refractivity contribution in [2.45, 2.75) is 71.1 Å². The van der Waals surface area contributed by atoms with Crippen molar-refractivity contribution in [3.05, 3.63) is 16.8 Å². The molecule has 25 heavy (non-hydrogen) atoms. The molecule has 2 fully saturated rings. The second-order valence-electron chi connectivity index (χ2n) is 8.03. The third-order valence-electron chi connectivity index (χ3n) is 4.86. The quantitative estimate of drug-likeness (QED) is 0.814. The molecule has 2 heterocycles. The van der Waals surface area contributed by atoms with Crippen LogP contribution < -0.4 is 4.90 Å². The van der Waals surface area contributed by atoms with Gasteiger partial charge in [-0.3, -0.25) is 0 Å². The molecule has 0 unspecified atom stereocenters. The van der Waals surface area contributed by atoms with Crippen molar-refractivity contribution >= 4 is 23.5 Å². The van der Waals surface area contributed by atoms with E-state index in [2.05, 4.69) is 15.1 Å². The monoisotopic (exact) mass is 366 g/mol.